The number of aromatic amines is 1. The van der Waals surface area contributed by atoms with Crippen LogP contribution in [0.4, 0.5) is 0 Å². The Balaban J connectivity index is 1.82. The lowest BCUT2D eigenvalue weighted by Gasteiger charge is -2.34. The van der Waals surface area contributed by atoms with Crippen molar-refractivity contribution >= 4 is 5.91 Å². The molecule has 4 heteroatoms. The molecule has 18 heavy (non-hydrogen) atoms. The predicted octanol–water partition coefficient (Wildman–Crippen LogP) is 1.68. The summed E-state index contributed by atoms with van der Waals surface area (Å²) >= 11 is 0. The summed E-state index contributed by atoms with van der Waals surface area (Å²) in [7, 11) is 0. The van der Waals surface area contributed by atoms with Crippen LogP contribution >= 0.6 is 0 Å². The van der Waals surface area contributed by atoms with Gasteiger partial charge in [0.05, 0.1) is 5.54 Å². The second-order valence-corrected chi connectivity index (χ2v) is 5.64. The maximum Gasteiger partial charge on any atom is 0.223 e. The van der Waals surface area contributed by atoms with Crippen LogP contribution in [0, 0.1) is 0 Å². The fourth-order valence-electron chi connectivity index (χ4n) is 2.64. The monoisotopic (exact) mass is 249 g/mol. The molecule has 0 aliphatic carbocycles. The molecule has 2 rings (SSSR count). The summed E-state index contributed by atoms with van der Waals surface area (Å²) in [6.07, 6.45) is 5.25. The van der Waals surface area contributed by atoms with Gasteiger partial charge < -0.3 is 15.6 Å². The molecule has 1 aliphatic heterocycles. The normalized spacial score (nSPS) is 22.4. The molecule has 0 radical (unpaired) electrons. The van der Waals surface area contributed by atoms with Crippen molar-refractivity contribution < 1.29 is 4.79 Å². The van der Waals surface area contributed by atoms with Crippen molar-refractivity contribution in [1.29, 1.82) is 0 Å². The lowest BCUT2D eigenvalue weighted by atomic mass is 9.96. The highest BCUT2D eigenvalue weighted by Gasteiger charge is 2.41. The minimum Gasteiger partial charge on any atom is -0.365 e. The van der Waals surface area contributed by atoms with E-state index in [9.17, 15) is 4.79 Å². The number of nitrogens with two attached hydrogens (primary N) is 1. The van der Waals surface area contributed by atoms with E-state index in [2.05, 4.69) is 24.9 Å². The summed E-state index contributed by atoms with van der Waals surface area (Å²) in [5, 5.41) is 0. The van der Waals surface area contributed by atoms with E-state index in [0.717, 1.165) is 25.8 Å². The van der Waals surface area contributed by atoms with E-state index in [-0.39, 0.29) is 17.5 Å². The second-order valence-electron chi connectivity index (χ2n) is 5.64. The number of nitrogens with one attached hydrogen (secondary N) is 1. The Morgan fingerprint density at radius 1 is 1.61 bits per heavy atom. The van der Waals surface area contributed by atoms with Crippen molar-refractivity contribution in [3.8, 4) is 0 Å². The molecule has 2 heterocycles. The van der Waals surface area contributed by atoms with Crippen molar-refractivity contribution in [1.82, 2.24) is 9.88 Å². The summed E-state index contributed by atoms with van der Waals surface area (Å²) in [6.45, 7) is 4.93. The largest absolute Gasteiger partial charge is 0.365 e. The maximum absolute atomic E-state index is 12.2. The van der Waals surface area contributed by atoms with E-state index >= 15 is 0 Å². The van der Waals surface area contributed by atoms with E-state index in [1.165, 1.54) is 5.69 Å². The molecule has 1 aliphatic rings. The van der Waals surface area contributed by atoms with Crippen LogP contribution in [-0.2, 0) is 11.2 Å². The van der Waals surface area contributed by atoms with Crippen molar-refractivity contribution in [3.63, 3.8) is 0 Å². The number of rotatable bonds is 4. The summed E-state index contributed by atoms with van der Waals surface area (Å²) in [5.41, 5.74) is 7.05. The summed E-state index contributed by atoms with van der Waals surface area (Å²) < 4.78 is 0. The van der Waals surface area contributed by atoms with Crippen LogP contribution in [0.15, 0.2) is 18.3 Å². The van der Waals surface area contributed by atoms with Crippen LogP contribution in [0.1, 0.15) is 38.8 Å². The van der Waals surface area contributed by atoms with Crippen LogP contribution < -0.4 is 5.73 Å². The summed E-state index contributed by atoms with van der Waals surface area (Å²) in [4.78, 5) is 17.3. The Hall–Kier alpha value is -1.29. The van der Waals surface area contributed by atoms with Crippen LogP contribution in [0.2, 0.25) is 0 Å². The molecule has 1 saturated heterocycles. The van der Waals surface area contributed by atoms with Gasteiger partial charge in [-0.15, -0.1) is 0 Å². The Kier molecular flexibility index (Phi) is 3.76. The number of carbonyl (C=O) groups excluding carboxylic acids is 1. The summed E-state index contributed by atoms with van der Waals surface area (Å²) in [6, 6.07) is 4.14. The van der Waals surface area contributed by atoms with Crippen molar-refractivity contribution in [2.75, 3.05) is 6.54 Å². The molecule has 1 aromatic heterocycles. The zero-order valence-electron chi connectivity index (χ0n) is 11.3. The second kappa shape index (κ2) is 5.14. The lowest BCUT2D eigenvalue weighted by Crippen LogP contribution is -2.51. The SMILES string of the molecule is CC1(C)C(N)CCN1C(=O)CCCc1ccc[nH]1. The zero-order chi connectivity index (χ0) is 13.2. The molecule has 3 N–H and O–H groups in total. The number of hydrogen-bond acceptors (Lipinski definition) is 2. The van der Waals surface area contributed by atoms with Gasteiger partial charge in [-0.1, -0.05) is 0 Å². The third-order valence-corrected chi connectivity index (χ3v) is 4.07. The first-order valence-electron chi connectivity index (χ1n) is 6.70. The van der Waals surface area contributed by atoms with Gasteiger partial charge in [0.15, 0.2) is 0 Å². The highest BCUT2D eigenvalue weighted by molar-refractivity contribution is 5.77. The number of hydrogen-bond donors (Lipinski definition) is 2. The van der Waals surface area contributed by atoms with Gasteiger partial charge in [0.2, 0.25) is 5.91 Å². The van der Waals surface area contributed by atoms with E-state index < -0.39 is 0 Å². The Morgan fingerprint density at radius 3 is 2.94 bits per heavy atom. The van der Waals surface area contributed by atoms with Gasteiger partial charge in [0.25, 0.3) is 0 Å². The number of H-pyrrole nitrogens is 1. The van der Waals surface area contributed by atoms with Crippen LogP contribution in [0.25, 0.3) is 0 Å². The molecule has 0 spiro atoms. The van der Waals surface area contributed by atoms with Gasteiger partial charge in [-0.3, -0.25) is 4.79 Å². The quantitative estimate of drug-likeness (QED) is 0.852. The molecule has 1 atom stereocenters. The molecule has 4 nitrogen and oxygen atoms in total. The van der Waals surface area contributed by atoms with Crippen molar-refractivity contribution in [2.24, 2.45) is 5.73 Å². The molecule has 1 unspecified atom stereocenters. The van der Waals surface area contributed by atoms with E-state index in [1.807, 2.05) is 17.2 Å². The highest BCUT2D eigenvalue weighted by Crippen LogP contribution is 2.28. The van der Waals surface area contributed by atoms with E-state index in [4.69, 9.17) is 5.73 Å². The molecule has 0 bridgehead atoms. The predicted molar refractivity (Wildman–Crippen MR) is 72.1 cm³/mol. The number of aromatic nitrogens is 1. The molecule has 0 aromatic carbocycles. The Labute approximate surface area is 109 Å². The molecular formula is C14H23N3O. The van der Waals surface area contributed by atoms with Gasteiger partial charge in [0, 0.05) is 30.9 Å². The average molecular weight is 249 g/mol. The van der Waals surface area contributed by atoms with E-state index in [1.54, 1.807) is 0 Å². The highest BCUT2D eigenvalue weighted by atomic mass is 16.2. The zero-order valence-corrected chi connectivity index (χ0v) is 11.3. The third-order valence-electron chi connectivity index (χ3n) is 4.07. The molecule has 100 valence electrons. The molecule has 1 aromatic rings. The maximum atomic E-state index is 12.2. The fourth-order valence-corrected chi connectivity index (χ4v) is 2.64. The first-order chi connectivity index (χ1) is 8.51. The number of carbonyl (C=O) groups is 1. The van der Waals surface area contributed by atoms with Crippen LogP contribution in [0.3, 0.4) is 0 Å². The fraction of sp³-hybridized carbons (Fsp3) is 0.643. The number of nitrogens with zero attached hydrogens (tertiary/aromatic N) is 1. The lowest BCUT2D eigenvalue weighted by molar-refractivity contribution is -0.134. The average Bonchev–Trinajstić information content (AvgIpc) is 2.89. The number of likely N-dealkylation sites (tertiary alicyclic amines) is 1. The minimum absolute atomic E-state index is 0.102. The minimum atomic E-state index is -0.191. The molecule has 0 saturated carbocycles. The van der Waals surface area contributed by atoms with Crippen molar-refractivity contribution in [3.05, 3.63) is 24.0 Å². The summed E-state index contributed by atoms with van der Waals surface area (Å²) in [5.74, 6) is 0.236. The standard InChI is InChI=1S/C14H23N3O/c1-14(2)12(15)8-10-17(14)13(18)7-3-5-11-6-4-9-16-11/h4,6,9,12,16H,3,5,7-8,10,15H2,1-2H3. The van der Waals surface area contributed by atoms with Gasteiger partial charge in [-0.2, -0.15) is 0 Å². The molecular weight excluding hydrogens is 226 g/mol. The third kappa shape index (κ3) is 2.58. The van der Waals surface area contributed by atoms with Crippen LogP contribution in [0.5, 0.6) is 0 Å². The Morgan fingerprint density at radius 2 is 2.39 bits per heavy atom. The number of amides is 1. The van der Waals surface area contributed by atoms with Crippen molar-refractivity contribution in [2.45, 2.75) is 51.1 Å². The smallest absolute Gasteiger partial charge is 0.223 e. The first-order valence-corrected chi connectivity index (χ1v) is 6.70. The van der Waals surface area contributed by atoms with E-state index in [0.29, 0.717) is 6.42 Å². The van der Waals surface area contributed by atoms with Gasteiger partial charge >= 0.3 is 0 Å². The van der Waals surface area contributed by atoms with Gasteiger partial charge in [-0.25, -0.2) is 0 Å². The van der Waals surface area contributed by atoms with Gasteiger partial charge in [0.1, 0.15) is 0 Å². The topological polar surface area (TPSA) is 62.1 Å². The Bertz CT molecular complexity index is 397. The number of aryl methyl sites for hydroxylation is 1. The molecule has 1 amide bonds. The molecule has 1 fully saturated rings. The van der Waals surface area contributed by atoms with Crippen LogP contribution in [-0.4, -0.2) is 33.9 Å². The first kappa shape index (κ1) is 13.1. The van der Waals surface area contributed by atoms with Gasteiger partial charge in [-0.05, 0) is 45.2 Å².